The molecule has 0 bridgehead atoms. The van der Waals surface area contributed by atoms with Gasteiger partial charge in [0, 0.05) is 11.0 Å². The highest BCUT2D eigenvalue weighted by atomic mass is 79.9. The molecule has 1 aromatic carbocycles. The zero-order valence-corrected chi connectivity index (χ0v) is 11.3. The Morgan fingerprint density at radius 2 is 2.18 bits per heavy atom. The minimum atomic E-state index is -0.896. The summed E-state index contributed by atoms with van der Waals surface area (Å²) in [7, 11) is 0. The van der Waals surface area contributed by atoms with Crippen LogP contribution in [0, 0.1) is 11.7 Å². The molecule has 0 amide bonds. The third-order valence-corrected chi connectivity index (χ3v) is 3.23. The van der Waals surface area contributed by atoms with Crippen molar-refractivity contribution in [2.75, 3.05) is 0 Å². The van der Waals surface area contributed by atoms with Gasteiger partial charge in [-0.05, 0) is 29.7 Å². The Morgan fingerprint density at radius 1 is 1.53 bits per heavy atom. The molecule has 0 fully saturated rings. The number of nitrogens with one attached hydrogen (secondary N) is 1. The van der Waals surface area contributed by atoms with Crippen molar-refractivity contribution in [2.45, 2.75) is 26.4 Å². The maximum absolute atomic E-state index is 13.0. The lowest BCUT2D eigenvalue weighted by Gasteiger charge is -2.18. The van der Waals surface area contributed by atoms with Gasteiger partial charge in [-0.3, -0.25) is 4.79 Å². The quantitative estimate of drug-likeness (QED) is 0.879. The van der Waals surface area contributed by atoms with E-state index in [1.54, 1.807) is 6.07 Å². The van der Waals surface area contributed by atoms with E-state index in [-0.39, 0.29) is 11.7 Å². The first kappa shape index (κ1) is 14.1. The number of hydrogen-bond donors (Lipinski definition) is 2. The zero-order valence-electron chi connectivity index (χ0n) is 9.71. The Bertz CT molecular complexity index is 409. The predicted octanol–water partition coefficient (Wildman–Crippen LogP) is 2.79. The summed E-state index contributed by atoms with van der Waals surface area (Å²) in [6, 6.07) is 3.71. The number of halogens is 2. The smallest absolute Gasteiger partial charge is 0.320 e. The normalized spacial score (nSPS) is 12.8. The highest BCUT2D eigenvalue weighted by Crippen LogP contribution is 2.18. The number of aliphatic carboxylic acids is 1. The fourth-order valence-corrected chi connectivity index (χ4v) is 1.89. The summed E-state index contributed by atoms with van der Waals surface area (Å²) in [5.41, 5.74) is 0.705. The fraction of sp³-hybridized carbons (Fsp3) is 0.417. The molecule has 2 N–H and O–H groups in total. The van der Waals surface area contributed by atoms with Crippen molar-refractivity contribution in [3.63, 3.8) is 0 Å². The average molecular weight is 304 g/mol. The second-order valence-corrected chi connectivity index (χ2v) is 5.03. The molecule has 1 aromatic rings. The lowest BCUT2D eigenvalue weighted by atomic mass is 10.0. The second kappa shape index (κ2) is 6.12. The minimum Gasteiger partial charge on any atom is -0.480 e. The number of carbonyl (C=O) groups is 1. The average Bonchev–Trinajstić information content (AvgIpc) is 2.22. The topological polar surface area (TPSA) is 49.3 Å². The molecule has 0 aliphatic heterocycles. The molecule has 1 atom stereocenters. The van der Waals surface area contributed by atoms with Gasteiger partial charge in [0.2, 0.25) is 0 Å². The van der Waals surface area contributed by atoms with Crippen molar-refractivity contribution in [2.24, 2.45) is 5.92 Å². The predicted molar refractivity (Wildman–Crippen MR) is 67.2 cm³/mol. The van der Waals surface area contributed by atoms with E-state index in [0.717, 1.165) is 4.47 Å². The molecule has 17 heavy (non-hydrogen) atoms. The molecule has 3 nitrogen and oxygen atoms in total. The first-order chi connectivity index (χ1) is 7.91. The van der Waals surface area contributed by atoms with E-state index in [1.807, 2.05) is 13.8 Å². The molecule has 0 radical (unpaired) electrons. The molecule has 0 heterocycles. The SMILES string of the molecule is CC(C)C(NCc1cc(F)ccc1Br)C(=O)O. The van der Waals surface area contributed by atoms with Gasteiger partial charge in [0.25, 0.3) is 0 Å². The summed E-state index contributed by atoms with van der Waals surface area (Å²) >= 11 is 3.30. The van der Waals surface area contributed by atoms with E-state index < -0.39 is 12.0 Å². The molecule has 0 aromatic heterocycles. The fourth-order valence-electron chi connectivity index (χ4n) is 1.51. The van der Waals surface area contributed by atoms with Crippen molar-refractivity contribution in [1.82, 2.24) is 5.32 Å². The molecule has 1 unspecified atom stereocenters. The molecule has 0 aliphatic rings. The molecule has 94 valence electrons. The highest BCUT2D eigenvalue weighted by Gasteiger charge is 2.20. The summed E-state index contributed by atoms with van der Waals surface area (Å²) in [4.78, 5) is 11.0. The van der Waals surface area contributed by atoms with Gasteiger partial charge in [-0.15, -0.1) is 0 Å². The number of carboxylic acids is 1. The number of carboxylic acid groups (broad SMARTS) is 1. The van der Waals surface area contributed by atoms with Gasteiger partial charge in [0.15, 0.2) is 0 Å². The van der Waals surface area contributed by atoms with Crippen molar-refractivity contribution in [3.05, 3.63) is 34.1 Å². The Labute approximate surface area is 108 Å². The van der Waals surface area contributed by atoms with Crippen LogP contribution in [-0.4, -0.2) is 17.1 Å². The summed E-state index contributed by atoms with van der Waals surface area (Å²) in [6.45, 7) is 3.96. The van der Waals surface area contributed by atoms with Crippen LogP contribution in [0.5, 0.6) is 0 Å². The van der Waals surface area contributed by atoms with Gasteiger partial charge in [0.05, 0.1) is 0 Å². The van der Waals surface area contributed by atoms with E-state index in [1.165, 1.54) is 12.1 Å². The van der Waals surface area contributed by atoms with Gasteiger partial charge >= 0.3 is 5.97 Å². The van der Waals surface area contributed by atoms with Crippen LogP contribution in [0.1, 0.15) is 19.4 Å². The van der Waals surface area contributed by atoms with Crippen LogP contribution in [0.15, 0.2) is 22.7 Å². The molecular formula is C12H15BrFNO2. The molecular weight excluding hydrogens is 289 g/mol. The monoisotopic (exact) mass is 303 g/mol. The van der Waals surface area contributed by atoms with E-state index in [0.29, 0.717) is 12.1 Å². The maximum atomic E-state index is 13.0. The lowest BCUT2D eigenvalue weighted by molar-refractivity contribution is -0.140. The first-order valence-corrected chi connectivity index (χ1v) is 6.11. The third kappa shape index (κ3) is 4.09. The Morgan fingerprint density at radius 3 is 2.71 bits per heavy atom. The van der Waals surface area contributed by atoms with Crippen LogP contribution in [0.3, 0.4) is 0 Å². The summed E-state index contributed by atoms with van der Waals surface area (Å²) < 4.78 is 13.8. The van der Waals surface area contributed by atoms with Crippen LogP contribution >= 0.6 is 15.9 Å². The van der Waals surface area contributed by atoms with Crippen molar-refractivity contribution in [3.8, 4) is 0 Å². The van der Waals surface area contributed by atoms with Gasteiger partial charge < -0.3 is 10.4 Å². The van der Waals surface area contributed by atoms with Crippen LogP contribution in [-0.2, 0) is 11.3 Å². The Kier molecular flexibility index (Phi) is 5.08. The van der Waals surface area contributed by atoms with Crippen molar-refractivity contribution >= 4 is 21.9 Å². The molecule has 0 saturated heterocycles. The highest BCUT2D eigenvalue weighted by molar-refractivity contribution is 9.10. The zero-order chi connectivity index (χ0) is 13.0. The second-order valence-electron chi connectivity index (χ2n) is 4.18. The largest absolute Gasteiger partial charge is 0.480 e. The van der Waals surface area contributed by atoms with Gasteiger partial charge in [-0.2, -0.15) is 0 Å². The van der Waals surface area contributed by atoms with Gasteiger partial charge in [0.1, 0.15) is 11.9 Å². The molecule has 0 saturated carbocycles. The number of benzene rings is 1. The van der Waals surface area contributed by atoms with E-state index >= 15 is 0 Å². The molecule has 0 aliphatic carbocycles. The minimum absolute atomic E-state index is 0.0279. The van der Waals surface area contributed by atoms with Crippen LogP contribution in [0.2, 0.25) is 0 Å². The van der Waals surface area contributed by atoms with E-state index in [4.69, 9.17) is 5.11 Å². The van der Waals surface area contributed by atoms with Crippen LogP contribution in [0.4, 0.5) is 4.39 Å². The van der Waals surface area contributed by atoms with Crippen molar-refractivity contribution in [1.29, 1.82) is 0 Å². The van der Waals surface area contributed by atoms with Crippen LogP contribution in [0.25, 0.3) is 0 Å². The lowest BCUT2D eigenvalue weighted by Crippen LogP contribution is -2.40. The van der Waals surface area contributed by atoms with Crippen molar-refractivity contribution < 1.29 is 14.3 Å². The van der Waals surface area contributed by atoms with Gasteiger partial charge in [-0.25, -0.2) is 4.39 Å². The summed E-state index contributed by atoms with van der Waals surface area (Å²) in [5, 5.41) is 11.9. The standard InChI is InChI=1S/C12H15BrFNO2/c1-7(2)11(12(16)17)15-6-8-5-9(14)3-4-10(8)13/h3-5,7,11,15H,6H2,1-2H3,(H,16,17). The third-order valence-electron chi connectivity index (χ3n) is 2.45. The number of hydrogen-bond acceptors (Lipinski definition) is 2. The maximum Gasteiger partial charge on any atom is 0.320 e. The summed E-state index contributed by atoms with van der Waals surface area (Å²) in [5.74, 6) is -1.26. The molecule has 1 rings (SSSR count). The Hall–Kier alpha value is -0.940. The Balaban J connectivity index is 2.72. The van der Waals surface area contributed by atoms with Gasteiger partial charge in [-0.1, -0.05) is 29.8 Å². The summed E-state index contributed by atoms with van der Waals surface area (Å²) in [6.07, 6.45) is 0. The molecule has 5 heteroatoms. The van der Waals surface area contributed by atoms with E-state index in [9.17, 15) is 9.18 Å². The molecule has 0 spiro atoms. The first-order valence-electron chi connectivity index (χ1n) is 5.32. The van der Waals surface area contributed by atoms with E-state index in [2.05, 4.69) is 21.2 Å². The van der Waals surface area contributed by atoms with Crippen LogP contribution < -0.4 is 5.32 Å². The number of rotatable bonds is 5.